The first kappa shape index (κ1) is 32.8. The number of H-pyrrole nitrogens is 1. The molecular formula is C31H40N8O6. The molecule has 1 aliphatic heterocycles. The molecule has 3 aromatic rings. The number of carbonyl (C=O) groups excluding carboxylic acids is 3. The van der Waals surface area contributed by atoms with Gasteiger partial charge in [0.25, 0.3) is 0 Å². The highest BCUT2D eigenvalue weighted by atomic mass is 16.4. The van der Waals surface area contributed by atoms with Gasteiger partial charge >= 0.3 is 5.97 Å². The first-order chi connectivity index (χ1) is 21.5. The summed E-state index contributed by atoms with van der Waals surface area (Å²) in [6.07, 6.45) is 3.36. The molecule has 1 saturated heterocycles. The highest BCUT2D eigenvalue weighted by Crippen LogP contribution is 2.22. The van der Waals surface area contributed by atoms with Crippen LogP contribution in [-0.2, 0) is 32.0 Å². The van der Waals surface area contributed by atoms with E-state index in [9.17, 15) is 29.4 Å². The summed E-state index contributed by atoms with van der Waals surface area (Å²) in [5.41, 5.74) is 19.3. The number of phenols is 1. The van der Waals surface area contributed by atoms with Crippen molar-refractivity contribution in [3.05, 3.63) is 65.9 Å². The molecule has 14 nitrogen and oxygen atoms in total. The first-order valence-electron chi connectivity index (χ1n) is 14.8. The van der Waals surface area contributed by atoms with E-state index in [1.165, 1.54) is 17.0 Å². The molecule has 240 valence electrons. The molecule has 0 bridgehead atoms. The fourth-order valence-electron chi connectivity index (χ4n) is 5.52. The van der Waals surface area contributed by atoms with E-state index in [2.05, 4.69) is 20.6 Å². The maximum absolute atomic E-state index is 13.7. The third kappa shape index (κ3) is 8.72. The predicted octanol–water partition coefficient (Wildman–Crippen LogP) is 0.0848. The van der Waals surface area contributed by atoms with Crippen molar-refractivity contribution in [2.24, 2.45) is 22.2 Å². The number of benzene rings is 2. The normalized spacial score (nSPS) is 16.5. The largest absolute Gasteiger partial charge is 0.508 e. The summed E-state index contributed by atoms with van der Waals surface area (Å²) in [5.74, 6) is -2.86. The number of fused-ring (bicyclic) bond motifs is 1. The molecule has 3 amide bonds. The van der Waals surface area contributed by atoms with Gasteiger partial charge in [-0.1, -0.05) is 30.3 Å². The molecule has 0 saturated carbocycles. The van der Waals surface area contributed by atoms with Crippen molar-refractivity contribution in [3.63, 3.8) is 0 Å². The van der Waals surface area contributed by atoms with Crippen LogP contribution in [0.25, 0.3) is 10.9 Å². The summed E-state index contributed by atoms with van der Waals surface area (Å²) in [7, 11) is 0. The number of aromatic nitrogens is 1. The predicted molar refractivity (Wildman–Crippen MR) is 168 cm³/mol. The second-order valence-electron chi connectivity index (χ2n) is 11.1. The number of hydrogen-bond acceptors (Lipinski definition) is 7. The second kappa shape index (κ2) is 15.1. The molecule has 0 spiro atoms. The van der Waals surface area contributed by atoms with Crippen molar-refractivity contribution in [1.29, 1.82) is 0 Å². The fourth-order valence-corrected chi connectivity index (χ4v) is 5.52. The van der Waals surface area contributed by atoms with Crippen molar-refractivity contribution in [1.82, 2.24) is 20.5 Å². The van der Waals surface area contributed by atoms with Gasteiger partial charge in [-0.05, 0) is 61.4 Å². The van der Waals surface area contributed by atoms with E-state index in [1.54, 1.807) is 18.3 Å². The van der Waals surface area contributed by atoms with E-state index in [1.807, 2.05) is 24.3 Å². The molecule has 0 radical (unpaired) electrons. The summed E-state index contributed by atoms with van der Waals surface area (Å²) in [6, 6.07) is 9.72. The van der Waals surface area contributed by atoms with Crippen molar-refractivity contribution >= 4 is 40.6 Å². The third-order valence-electron chi connectivity index (χ3n) is 7.84. The van der Waals surface area contributed by atoms with Gasteiger partial charge in [-0.2, -0.15) is 0 Å². The van der Waals surface area contributed by atoms with E-state index in [-0.39, 0.29) is 37.5 Å². The van der Waals surface area contributed by atoms with E-state index < -0.39 is 47.9 Å². The SMILES string of the molecule is NC(N)=NCCCC(NC(=O)C(Cc1c[nH]c2ccccc12)NC(=O)C1CCCN1C(=O)C(N)Cc1ccc(O)cc1)C(=O)O. The molecule has 45 heavy (non-hydrogen) atoms. The zero-order valence-corrected chi connectivity index (χ0v) is 24.8. The van der Waals surface area contributed by atoms with Gasteiger partial charge in [0.05, 0.1) is 6.04 Å². The van der Waals surface area contributed by atoms with Gasteiger partial charge in [0.15, 0.2) is 5.96 Å². The van der Waals surface area contributed by atoms with Gasteiger partial charge in [-0.25, -0.2) is 4.79 Å². The molecular weight excluding hydrogens is 580 g/mol. The number of carboxylic acid groups (broad SMARTS) is 1. The lowest BCUT2D eigenvalue weighted by atomic mass is 10.0. The highest BCUT2D eigenvalue weighted by molar-refractivity contribution is 5.95. The lowest BCUT2D eigenvalue weighted by Crippen LogP contribution is -2.57. The van der Waals surface area contributed by atoms with E-state index in [0.717, 1.165) is 22.0 Å². The number of aliphatic imine (C=N–C) groups is 1. The number of guanidine groups is 1. The molecule has 2 heterocycles. The molecule has 14 heteroatoms. The van der Waals surface area contributed by atoms with Gasteiger partial charge in [0, 0.05) is 36.6 Å². The number of likely N-dealkylation sites (tertiary alicyclic amines) is 1. The average Bonchev–Trinajstić information content (AvgIpc) is 3.66. The number of nitrogens with zero attached hydrogens (tertiary/aromatic N) is 2. The highest BCUT2D eigenvalue weighted by Gasteiger charge is 2.38. The van der Waals surface area contributed by atoms with Crippen LogP contribution in [0.1, 0.15) is 36.8 Å². The minimum Gasteiger partial charge on any atom is -0.508 e. The van der Waals surface area contributed by atoms with Crippen LogP contribution in [0.5, 0.6) is 5.75 Å². The minimum atomic E-state index is -1.24. The number of nitrogens with one attached hydrogen (secondary N) is 3. The standard InChI is InChI=1S/C31H40N8O6/c32-22(15-18-9-11-20(40)12-10-18)29(43)39-14-4-8-26(39)28(42)38-25(16-19-17-36-23-6-2-1-5-21(19)23)27(41)37-24(30(44)45)7-3-13-35-31(33)34/h1-2,5-6,9-12,17,22,24-26,36,40H,3-4,7-8,13-16,32H2,(H,37,41)(H,38,42)(H,44,45)(H4,33,34,35). The number of aromatic amines is 1. The molecule has 11 N–H and O–H groups in total. The van der Waals surface area contributed by atoms with E-state index >= 15 is 0 Å². The Kier molecular flexibility index (Phi) is 11.0. The van der Waals surface area contributed by atoms with Crippen LogP contribution in [0.4, 0.5) is 0 Å². The number of carboxylic acids is 1. The number of hydrogen-bond donors (Lipinski definition) is 8. The van der Waals surface area contributed by atoms with Crippen LogP contribution >= 0.6 is 0 Å². The van der Waals surface area contributed by atoms with Gasteiger partial charge in [0.2, 0.25) is 17.7 Å². The van der Waals surface area contributed by atoms with Gasteiger partial charge in [0.1, 0.15) is 23.9 Å². The van der Waals surface area contributed by atoms with E-state index in [4.69, 9.17) is 17.2 Å². The second-order valence-corrected chi connectivity index (χ2v) is 11.1. The third-order valence-corrected chi connectivity index (χ3v) is 7.84. The Morgan fingerprint density at radius 1 is 1.02 bits per heavy atom. The Morgan fingerprint density at radius 2 is 1.76 bits per heavy atom. The Bertz CT molecular complexity index is 1530. The van der Waals surface area contributed by atoms with Crippen LogP contribution < -0.4 is 27.8 Å². The van der Waals surface area contributed by atoms with Crippen LogP contribution in [-0.4, -0.2) is 87.0 Å². The number of phenolic OH excluding ortho intramolecular Hbond substituents is 1. The maximum Gasteiger partial charge on any atom is 0.326 e. The molecule has 1 aromatic heterocycles. The zero-order valence-electron chi connectivity index (χ0n) is 24.8. The number of nitrogens with two attached hydrogens (primary N) is 3. The molecule has 0 aliphatic carbocycles. The molecule has 4 unspecified atom stereocenters. The number of para-hydroxylation sites is 1. The summed E-state index contributed by atoms with van der Waals surface area (Å²) in [6.45, 7) is 0.522. The van der Waals surface area contributed by atoms with Gasteiger partial charge < -0.3 is 47.9 Å². The first-order valence-corrected chi connectivity index (χ1v) is 14.8. The lowest BCUT2D eigenvalue weighted by Gasteiger charge is -2.28. The Balaban J connectivity index is 1.49. The monoisotopic (exact) mass is 620 g/mol. The number of aliphatic carboxylic acids is 1. The average molecular weight is 621 g/mol. The van der Waals surface area contributed by atoms with Gasteiger partial charge in [-0.3, -0.25) is 19.4 Å². The van der Waals surface area contributed by atoms with Crippen LogP contribution in [0.2, 0.25) is 0 Å². The van der Waals surface area contributed by atoms with Gasteiger partial charge in [-0.15, -0.1) is 0 Å². The van der Waals surface area contributed by atoms with Crippen molar-refractivity contribution in [2.75, 3.05) is 13.1 Å². The van der Waals surface area contributed by atoms with Crippen LogP contribution in [0, 0.1) is 0 Å². The van der Waals surface area contributed by atoms with Crippen LogP contribution in [0.15, 0.2) is 59.7 Å². The number of carbonyl (C=O) groups is 4. The lowest BCUT2D eigenvalue weighted by molar-refractivity contribution is -0.143. The Hall–Kier alpha value is -5.11. The topological polar surface area (TPSA) is 242 Å². The van der Waals surface area contributed by atoms with Crippen molar-refractivity contribution in [3.8, 4) is 5.75 Å². The van der Waals surface area contributed by atoms with Crippen molar-refractivity contribution in [2.45, 2.75) is 62.7 Å². The zero-order chi connectivity index (χ0) is 32.5. The molecule has 1 fully saturated rings. The molecule has 4 rings (SSSR count). The minimum absolute atomic E-state index is 0.0649. The fraction of sp³-hybridized carbons (Fsp3) is 0.387. The summed E-state index contributed by atoms with van der Waals surface area (Å²) in [5, 5.41) is 25.5. The molecule has 1 aliphatic rings. The summed E-state index contributed by atoms with van der Waals surface area (Å²) >= 11 is 0. The number of rotatable bonds is 14. The summed E-state index contributed by atoms with van der Waals surface area (Å²) < 4.78 is 0. The van der Waals surface area contributed by atoms with E-state index in [0.29, 0.717) is 25.8 Å². The molecule has 2 aromatic carbocycles. The smallest absolute Gasteiger partial charge is 0.326 e. The maximum atomic E-state index is 13.7. The number of amides is 3. The molecule has 4 atom stereocenters. The van der Waals surface area contributed by atoms with Crippen LogP contribution in [0.3, 0.4) is 0 Å². The number of aromatic hydroxyl groups is 1. The Labute approximate surface area is 260 Å². The summed E-state index contributed by atoms with van der Waals surface area (Å²) in [4.78, 5) is 61.0. The van der Waals surface area contributed by atoms with Crippen molar-refractivity contribution < 1.29 is 29.4 Å². The Morgan fingerprint density at radius 3 is 2.47 bits per heavy atom. The quantitative estimate of drug-likeness (QED) is 0.0690.